The number of hydrogen-bond acceptors (Lipinski definition) is 3. The van der Waals surface area contributed by atoms with E-state index in [1.54, 1.807) is 0 Å². The van der Waals surface area contributed by atoms with Crippen molar-refractivity contribution in [1.29, 1.82) is 5.26 Å². The molecule has 0 aliphatic rings. The third-order valence-corrected chi connectivity index (χ3v) is 16.5. The molecule has 0 saturated heterocycles. The normalized spacial score (nSPS) is 12.0. The molecule has 0 N–H and O–H groups in total. The summed E-state index contributed by atoms with van der Waals surface area (Å²) in [6.45, 7) is 0. The summed E-state index contributed by atoms with van der Waals surface area (Å²) in [6, 6.07) is 85.6. The molecule has 0 aliphatic heterocycles. The van der Waals surface area contributed by atoms with E-state index in [2.05, 4.69) is 259 Å². The lowest BCUT2D eigenvalue weighted by atomic mass is 9.92. The molecule has 17 aromatic rings. The molecule has 17 rings (SSSR count). The fourth-order valence-corrected chi connectivity index (χ4v) is 13.4. The first-order valence-corrected chi connectivity index (χ1v) is 26.6. The summed E-state index contributed by atoms with van der Waals surface area (Å²) in [4.78, 5) is 9.58. The van der Waals surface area contributed by atoms with E-state index >= 15 is 0 Å². The molecule has 0 fully saturated rings. The summed E-state index contributed by atoms with van der Waals surface area (Å²) in [7, 11) is 0. The van der Waals surface area contributed by atoms with Gasteiger partial charge in [-0.25, -0.2) is 0 Å². The Hall–Kier alpha value is -11.0. The second-order valence-electron chi connectivity index (χ2n) is 20.4. The maximum absolute atomic E-state index is 13.0. The van der Waals surface area contributed by atoms with Crippen LogP contribution in [0, 0.1) is 11.3 Å². The Balaban J connectivity index is 1.24. The van der Waals surface area contributed by atoms with Gasteiger partial charge in [-0.3, -0.25) is 9.97 Å². The number of pyridine rings is 2. The van der Waals surface area contributed by atoms with Gasteiger partial charge in [0.2, 0.25) is 0 Å². The molecule has 8 nitrogen and oxygen atoms in total. The van der Waals surface area contributed by atoms with Gasteiger partial charge in [0.15, 0.2) is 0 Å². The number of aromatic nitrogens is 7. The van der Waals surface area contributed by atoms with Crippen LogP contribution in [0.15, 0.2) is 255 Å². The molecule has 7 heterocycles. The summed E-state index contributed by atoms with van der Waals surface area (Å²) < 4.78 is 12.0. The second kappa shape index (κ2) is 16.5. The van der Waals surface area contributed by atoms with Gasteiger partial charge in [0.25, 0.3) is 0 Å². The minimum Gasteiger partial charge on any atom is -0.306 e. The zero-order chi connectivity index (χ0) is 51.9. The highest BCUT2D eigenvalue weighted by Gasteiger charge is 2.36. The van der Waals surface area contributed by atoms with E-state index in [0.717, 1.165) is 149 Å². The molecule has 8 heteroatoms. The van der Waals surface area contributed by atoms with E-state index in [1.165, 1.54) is 0 Å². The van der Waals surface area contributed by atoms with Gasteiger partial charge in [0, 0.05) is 77.4 Å². The molecular weight excluding hydrogens is 965 g/mol. The lowest BCUT2D eigenvalue weighted by Gasteiger charge is -2.30. The Morgan fingerprint density at radius 2 is 0.532 bits per heavy atom. The molecular formula is C71H42N8. The van der Waals surface area contributed by atoms with Crippen molar-refractivity contribution in [2.45, 2.75) is 0 Å². The van der Waals surface area contributed by atoms with E-state index in [-0.39, 0.29) is 0 Å². The Morgan fingerprint density at radius 3 is 0.848 bits per heavy atom. The van der Waals surface area contributed by atoms with E-state index in [0.29, 0.717) is 5.56 Å². The van der Waals surface area contributed by atoms with Gasteiger partial charge in [0.05, 0.1) is 96.0 Å². The van der Waals surface area contributed by atoms with Crippen molar-refractivity contribution in [3.8, 4) is 45.6 Å². The minimum atomic E-state index is 0.512. The molecule has 0 atom stereocenters. The highest BCUT2D eigenvalue weighted by molar-refractivity contribution is 6.18. The van der Waals surface area contributed by atoms with Crippen LogP contribution in [-0.2, 0) is 0 Å². The summed E-state index contributed by atoms with van der Waals surface area (Å²) in [5.74, 6) is 0. The van der Waals surface area contributed by atoms with Crippen LogP contribution in [0.25, 0.3) is 149 Å². The number of para-hydroxylation sites is 9. The molecule has 0 aliphatic carbocycles. The number of benzene rings is 10. The van der Waals surface area contributed by atoms with Crippen molar-refractivity contribution < 1.29 is 0 Å². The largest absolute Gasteiger partial charge is 0.306 e. The molecule has 0 amide bonds. The quantitative estimate of drug-likeness (QED) is 0.167. The SMILES string of the molecule is N#Cc1c(-n2c3ccccc3c3ccccc32)c(-n2c3ccccc3c3ccccc32)c(-c2ccccc2-n2c3cnccc3c3ccncc32)c(-n2c3ccccc3c3ccccc32)c1-n1c2ccccc2c2ccccc21. The maximum atomic E-state index is 13.0. The van der Waals surface area contributed by atoms with Gasteiger partial charge in [-0.1, -0.05) is 164 Å². The number of nitrogens with zero attached hydrogens (tertiary/aromatic N) is 8. The number of nitriles is 1. The van der Waals surface area contributed by atoms with Crippen LogP contribution in [0.1, 0.15) is 5.56 Å². The first-order valence-electron chi connectivity index (χ1n) is 26.6. The van der Waals surface area contributed by atoms with Gasteiger partial charge in [-0.15, -0.1) is 0 Å². The van der Waals surface area contributed by atoms with Crippen molar-refractivity contribution in [3.63, 3.8) is 0 Å². The molecule has 7 aromatic heterocycles. The minimum absolute atomic E-state index is 0.512. The van der Waals surface area contributed by atoms with E-state index in [1.807, 2.05) is 24.8 Å². The first-order chi connectivity index (χ1) is 39.3. The van der Waals surface area contributed by atoms with Gasteiger partial charge >= 0.3 is 0 Å². The van der Waals surface area contributed by atoms with Gasteiger partial charge in [0.1, 0.15) is 11.6 Å². The highest BCUT2D eigenvalue weighted by Crippen LogP contribution is 2.53. The Bertz CT molecular complexity index is 4960. The van der Waals surface area contributed by atoms with Crippen molar-refractivity contribution in [3.05, 3.63) is 261 Å². The van der Waals surface area contributed by atoms with E-state index in [9.17, 15) is 5.26 Å². The van der Waals surface area contributed by atoms with Crippen molar-refractivity contribution in [1.82, 2.24) is 32.8 Å². The first kappa shape index (κ1) is 43.3. The van der Waals surface area contributed by atoms with Crippen LogP contribution in [0.3, 0.4) is 0 Å². The molecule has 79 heavy (non-hydrogen) atoms. The van der Waals surface area contributed by atoms with Crippen LogP contribution in [-0.4, -0.2) is 32.8 Å². The molecule has 366 valence electrons. The highest BCUT2D eigenvalue weighted by atomic mass is 15.1. The standard InChI is InChI=1S/C71H42N8/c72-41-55-68(76-56-28-10-1-19-44(56)45-20-2-11-29-57(45)76)70(78-60-32-14-5-23-48(60)49-24-6-15-33-61(49)78)67(54-27-9-18-36-64(54)75-65-42-73-39-37-52(65)53-38-40-74-43-66(53)75)71(79-62-34-16-7-25-50(62)51-26-8-17-35-63(51)79)69(55)77-58-30-12-3-21-46(58)47-22-4-13-31-59(47)77/h1-40,42-43H. The lowest BCUT2D eigenvalue weighted by molar-refractivity contribution is 1.03. The number of fused-ring (bicyclic) bond motifs is 15. The average molecular weight is 1010 g/mol. The molecule has 0 bridgehead atoms. The zero-order valence-electron chi connectivity index (χ0n) is 42.3. The number of hydrogen-bond donors (Lipinski definition) is 0. The predicted octanol–water partition coefficient (Wildman–Crippen LogP) is 17.5. The molecule has 0 spiro atoms. The summed E-state index contributed by atoms with van der Waals surface area (Å²) in [6.07, 6.45) is 7.69. The lowest BCUT2D eigenvalue weighted by Crippen LogP contribution is -2.17. The van der Waals surface area contributed by atoms with Gasteiger partial charge < -0.3 is 22.8 Å². The maximum Gasteiger partial charge on any atom is 0.104 e. The van der Waals surface area contributed by atoms with Crippen molar-refractivity contribution in [2.75, 3.05) is 0 Å². The van der Waals surface area contributed by atoms with Crippen LogP contribution < -0.4 is 0 Å². The predicted molar refractivity (Wildman–Crippen MR) is 324 cm³/mol. The fourth-order valence-electron chi connectivity index (χ4n) is 13.4. The zero-order valence-corrected chi connectivity index (χ0v) is 42.3. The van der Waals surface area contributed by atoms with Crippen LogP contribution in [0.4, 0.5) is 0 Å². The summed E-state index contributed by atoms with van der Waals surface area (Å²) in [5.41, 5.74) is 16.4. The Kier molecular flexibility index (Phi) is 9.03. The number of rotatable bonds is 6. The van der Waals surface area contributed by atoms with Gasteiger partial charge in [-0.05, 0) is 66.7 Å². The Morgan fingerprint density at radius 1 is 0.266 bits per heavy atom. The van der Waals surface area contributed by atoms with Gasteiger partial charge in [-0.2, -0.15) is 5.26 Å². The van der Waals surface area contributed by atoms with Crippen LogP contribution in [0.2, 0.25) is 0 Å². The van der Waals surface area contributed by atoms with Crippen LogP contribution in [0.5, 0.6) is 0 Å². The monoisotopic (exact) mass is 1010 g/mol. The van der Waals surface area contributed by atoms with Crippen molar-refractivity contribution in [2.24, 2.45) is 0 Å². The van der Waals surface area contributed by atoms with E-state index in [4.69, 9.17) is 9.97 Å². The molecule has 0 unspecified atom stereocenters. The average Bonchev–Trinajstić information content (AvgIpc) is 3.32. The third-order valence-electron chi connectivity index (χ3n) is 16.5. The molecule has 0 saturated carbocycles. The smallest absolute Gasteiger partial charge is 0.104 e. The second-order valence-corrected chi connectivity index (χ2v) is 20.4. The summed E-state index contributed by atoms with van der Waals surface area (Å²) >= 11 is 0. The molecule has 0 radical (unpaired) electrons. The van der Waals surface area contributed by atoms with Crippen molar-refractivity contribution >= 4 is 109 Å². The fraction of sp³-hybridized carbons (Fsp3) is 0. The Labute approximate surface area is 451 Å². The van der Waals surface area contributed by atoms with E-state index < -0.39 is 0 Å². The topological polar surface area (TPSA) is 74.2 Å². The molecule has 10 aromatic carbocycles. The van der Waals surface area contributed by atoms with Crippen LogP contribution >= 0.6 is 0 Å². The summed E-state index contributed by atoms with van der Waals surface area (Å²) in [5, 5.41) is 23.9. The third kappa shape index (κ3) is 5.85.